The fraction of sp³-hybridized carbons (Fsp3) is 0.421. The number of ether oxygens (including phenoxy) is 1. The molecule has 2 aromatic rings. The molecule has 0 spiro atoms. The van der Waals surface area contributed by atoms with Gasteiger partial charge in [0.2, 0.25) is 5.91 Å². The molecule has 1 aromatic carbocycles. The molecule has 1 fully saturated rings. The van der Waals surface area contributed by atoms with E-state index in [1.165, 1.54) is 12.1 Å². The number of amides is 1. The van der Waals surface area contributed by atoms with Crippen LogP contribution in [0.1, 0.15) is 24.2 Å². The lowest BCUT2D eigenvalue weighted by atomic mass is 9.96. The number of anilines is 1. The normalized spacial score (nSPS) is 15.5. The maximum absolute atomic E-state index is 12.3. The van der Waals surface area contributed by atoms with Crippen molar-refractivity contribution in [1.82, 2.24) is 9.97 Å². The highest BCUT2D eigenvalue weighted by atomic mass is 19.4. The number of hydrogen-bond donors (Lipinski definition) is 1. The molecule has 150 valence electrons. The van der Waals surface area contributed by atoms with Crippen molar-refractivity contribution in [2.45, 2.75) is 33.1 Å². The highest BCUT2D eigenvalue weighted by Gasteiger charge is 2.31. The van der Waals surface area contributed by atoms with E-state index in [1.807, 2.05) is 6.92 Å². The van der Waals surface area contributed by atoms with Gasteiger partial charge in [0.25, 0.3) is 0 Å². The van der Waals surface area contributed by atoms with E-state index in [9.17, 15) is 18.0 Å². The average Bonchev–Trinajstić information content (AvgIpc) is 2.63. The molecule has 0 saturated carbocycles. The Balaban J connectivity index is 1.86. The summed E-state index contributed by atoms with van der Waals surface area (Å²) in [6, 6.07) is 5.60. The Morgan fingerprint density at radius 2 is 1.75 bits per heavy atom. The smallest absolute Gasteiger partial charge is 0.406 e. The summed E-state index contributed by atoms with van der Waals surface area (Å²) in [6.45, 7) is 4.96. The van der Waals surface area contributed by atoms with E-state index in [0.717, 1.165) is 11.4 Å². The van der Waals surface area contributed by atoms with Crippen molar-refractivity contribution in [2.75, 3.05) is 18.0 Å². The van der Waals surface area contributed by atoms with Gasteiger partial charge in [0.1, 0.15) is 17.4 Å². The molecule has 0 bridgehead atoms. The number of hydrogen-bond acceptors (Lipinski definition) is 5. The first kappa shape index (κ1) is 19.9. The van der Waals surface area contributed by atoms with Gasteiger partial charge in [0.15, 0.2) is 0 Å². The van der Waals surface area contributed by atoms with E-state index in [1.54, 1.807) is 19.1 Å². The molecule has 6 nitrogen and oxygen atoms in total. The summed E-state index contributed by atoms with van der Waals surface area (Å²) in [7, 11) is 0. The molecule has 1 saturated heterocycles. The number of carbonyl (C=O) groups excluding carboxylic acids is 1. The summed E-state index contributed by atoms with van der Waals surface area (Å²) in [4.78, 5) is 22.5. The second-order valence-corrected chi connectivity index (χ2v) is 6.80. The van der Waals surface area contributed by atoms with Crippen LogP contribution in [-0.2, 0) is 4.79 Å². The van der Waals surface area contributed by atoms with Gasteiger partial charge in [-0.05, 0) is 51.0 Å². The fourth-order valence-corrected chi connectivity index (χ4v) is 3.39. The summed E-state index contributed by atoms with van der Waals surface area (Å²) in [5.74, 6) is 0.634. The quantitative estimate of drug-likeness (QED) is 0.860. The molecule has 0 atom stereocenters. The number of alkyl halides is 3. The summed E-state index contributed by atoms with van der Waals surface area (Å²) < 4.78 is 40.9. The fourth-order valence-electron chi connectivity index (χ4n) is 3.39. The molecule has 3 rings (SSSR count). The number of nitrogens with two attached hydrogens (primary N) is 1. The molecule has 1 amide bonds. The summed E-state index contributed by atoms with van der Waals surface area (Å²) >= 11 is 0. The lowest BCUT2D eigenvalue weighted by Crippen LogP contribution is -2.39. The van der Waals surface area contributed by atoms with E-state index in [2.05, 4.69) is 19.6 Å². The molecular weight excluding hydrogens is 373 g/mol. The Morgan fingerprint density at radius 1 is 1.14 bits per heavy atom. The molecule has 2 heterocycles. The summed E-state index contributed by atoms with van der Waals surface area (Å²) in [6.07, 6.45) is -3.40. The van der Waals surface area contributed by atoms with Crippen LogP contribution >= 0.6 is 0 Å². The number of aromatic nitrogens is 2. The number of benzene rings is 1. The highest BCUT2D eigenvalue weighted by Crippen LogP contribution is 2.32. The third kappa shape index (κ3) is 4.52. The number of primary amides is 1. The SMILES string of the molecule is Cc1nc(-c2ccc(OC(F)(F)F)cc2)c(C)c(N2CCC(C(N)=O)CC2)n1. The van der Waals surface area contributed by atoms with Crippen molar-refractivity contribution in [2.24, 2.45) is 11.7 Å². The first-order chi connectivity index (χ1) is 13.1. The molecule has 1 aliphatic rings. The number of aryl methyl sites for hydroxylation is 1. The zero-order valence-corrected chi connectivity index (χ0v) is 15.6. The first-order valence-corrected chi connectivity index (χ1v) is 8.90. The maximum Gasteiger partial charge on any atom is 0.573 e. The van der Waals surface area contributed by atoms with Gasteiger partial charge in [0.05, 0.1) is 5.69 Å². The lowest BCUT2D eigenvalue weighted by molar-refractivity contribution is -0.274. The van der Waals surface area contributed by atoms with Crippen LogP contribution in [0.5, 0.6) is 5.75 Å². The predicted molar refractivity (Wildman–Crippen MR) is 97.8 cm³/mol. The second kappa shape index (κ2) is 7.65. The lowest BCUT2D eigenvalue weighted by Gasteiger charge is -2.32. The molecule has 2 N–H and O–H groups in total. The minimum absolute atomic E-state index is 0.125. The number of carbonyl (C=O) groups is 1. The summed E-state index contributed by atoms with van der Waals surface area (Å²) in [5.41, 5.74) is 7.54. The number of piperidine rings is 1. The van der Waals surface area contributed by atoms with Crippen molar-refractivity contribution in [1.29, 1.82) is 0 Å². The van der Waals surface area contributed by atoms with Gasteiger partial charge in [-0.3, -0.25) is 4.79 Å². The average molecular weight is 394 g/mol. The highest BCUT2D eigenvalue weighted by molar-refractivity contribution is 5.77. The maximum atomic E-state index is 12.3. The standard InChI is InChI=1S/C19H21F3N4O2/c1-11-16(13-3-5-15(6-4-13)28-19(20,21)22)24-12(2)25-18(11)26-9-7-14(8-10-26)17(23)27/h3-6,14H,7-10H2,1-2H3,(H2,23,27). The predicted octanol–water partition coefficient (Wildman–Crippen LogP) is 3.36. The van der Waals surface area contributed by atoms with Gasteiger partial charge in [-0.15, -0.1) is 13.2 Å². The van der Waals surface area contributed by atoms with Crippen LogP contribution in [0.15, 0.2) is 24.3 Å². The van der Waals surface area contributed by atoms with Gasteiger partial charge in [0, 0.05) is 30.1 Å². The number of nitrogens with zero attached hydrogens (tertiary/aromatic N) is 3. The Hall–Kier alpha value is -2.84. The molecule has 0 radical (unpaired) electrons. The first-order valence-electron chi connectivity index (χ1n) is 8.90. The van der Waals surface area contributed by atoms with Crippen LogP contribution < -0.4 is 15.4 Å². The van der Waals surface area contributed by atoms with E-state index in [0.29, 0.717) is 43.0 Å². The van der Waals surface area contributed by atoms with Crippen LogP contribution in [0, 0.1) is 19.8 Å². The topological polar surface area (TPSA) is 81.3 Å². The zero-order chi connectivity index (χ0) is 20.5. The molecule has 28 heavy (non-hydrogen) atoms. The molecular formula is C19H21F3N4O2. The van der Waals surface area contributed by atoms with Gasteiger partial charge in [-0.25, -0.2) is 9.97 Å². The van der Waals surface area contributed by atoms with Crippen molar-refractivity contribution >= 4 is 11.7 Å². The van der Waals surface area contributed by atoms with Crippen molar-refractivity contribution in [3.05, 3.63) is 35.7 Å². The number of rotatable bonds is 4. The van der Waals surface area contributed by atoms with Gasteiger partial charge < -0.3 is 15.4 Å². The molecule has 0 aliphatic carbocycles. The van der Waals surface area contributed by atoms with E-state index in [4.69, 9.17) is 5.73 Å². The monoisotopic (exact) mass is 394 g/mol. The Kier molecular flexibility index (Phi) is 5.44. The molecule has 0 unspecified atom stereocenters. The summed E-state index contributed by atoms with van der Waals surface area (Å²) in [5, 5.41) is 0. The second-order valence-electron chi connectivity index (χ2n) is 6.80. The minimum atomic E-state index is -4.73. The Morgan fingerprint density at radius 3 is 2.29 bits per heavy atom. The van der Waals surface area contributed by atoms with Crippen LogP contribution in [0.25, 0.3) is 11.3 Å². The van der Waals surface area contributed by atoms with E-state index >= 15 is 0 Å². The number of halogens is 3. The van der Waals surface area contributed by atoms with Gasteiger partial charge in [-0.1, -0.05) is 0 Å². The molecule has 1 aromatic heterocycles. The minimum Gasteiger partial charge on any atom is -0.406 e. The largest absolute Gasteiger partial charge is 0.573 e. The third-order valence-electron chi connectivity index (χ3n) is 4.79. The van der Waals surface area contributed by atoms with E-state index in [-0.39, 0.29) is 17.6 Å². The van der Waals surface area contributed by atoms with Gasteiger partial charge >= 0.3 is 6.36 Å². The zero-order valence-electron chi connectivity index (χ0n) is 15.6. The van der Waals surface area contributed by atoms with Crippen molar-refractivity contribution in [3.63, 3.8) is 0 Å². The van der Waals surface area contributed by atoms with Crippen LogP contribution in [0.4, 0.5) is 19.0 Å². The Labute approximate surface area is 160 Å². The molecule has 9 heteroatoms. The molecule has 1 aliphatic heterocycles. The van der Waals surface area contributed by atoms with Crippen molar-refractivity contribution in [3.8, 4) is 17.0 Å². The Bertz CT molecular complexity index is 861. The van der Waals surface area contributed by atoms with Crippen molar-refractivity contribution < 1.29 is 22.7 Å². The third-order valence-corrected chi connectivity index (χ3v) is 4.79. The van der Waals surface area contributed by atoms with Crippen LogP contribution in [0.2, 0.25) is 0 Å². The van der Waals surface area contributed by atoms with Gasteiger partial charge in [-0.2, -0.15) is 0 Å². The van der Waals surface area contributed by atoms with E-state index < -0.39 is 6.36 Å². The van der Waals surface area contributed by atoms with Crippen LogP contribution in [-0.4, -0.2) is 35.3 Å². The van der Waals surface area contributed by atoms with Crippen LogP contribution in [0.3, 0.4) is 0 Å².